The molecule has 0 atom stereocenters. The van der Waals surface area contributed by atoms with Gasteiger partial charge in [-0.2, -0.15) is 5.10 Å². The van der Waals surface area contributed by atoms with E-state index in [1.807, 2.05) is 36.6 Å². The molecule has 6 nitrogen and oxygen atoms in total. The van der Waals surface area contributed by atoms with Gasteiger partial charge in [-0.3, -0.25) is 5.43 Å². The van der Waals surface area contributed by atoms with Crippen molar-refractivity contribution in [3.63, 3.8) is 0 Å². The van der Waals surface area contributed by atoms with Gasteiger partial charge in [-0.25, -0.2) is 14.8 Å². The fourth-order valence-corrected chi connectivity index (χ4v) is 1.96. The number of carbonyl (C=O) groups excluding carboxylic acids is 1. The maximum atomic E-state index is 11.9. The van der Waals surface area contributed by atoms with Crippen molar-refractivity contribution in [2.75, 3.05) is 18.3 Å². The van der Waals surface area contributed by atoms with E-state index >= 15 is 0 Å². The maximum Gasteiger partial charge on any atom is 0.343 e. The highest BCUT2D eigenvalue weighted by Gasteiger charge is 2.15. The van der Waals surface area contributed by atoms with Gasteiger partial charge in [-0.15, -0.1) is 0 Å². The highest BCUT2D eigenvalue weighted by atomic mass is 32.2. The summed E-state index contributed by atoms with van der Waals surface area (Å²) in [5.74, 6) is -0.155. The lowest BCUT2D eigenvalue weighted by atomic mass is 10.2. The Kier molecular flexibility index (Phi) is 5.91. The summed E-state index contributed by atoms with van der Waals surface area (Å²) >= 11 is 1.38. The number of hydrogen-bond donors (Lipinski definition) is 1. The second-order valence-electron chi connectivity index (χ2n) is 4.12. The Bertz CT molecular complexity index is 662. The van der Waals surface area contributed by atoms with E-state index in [0.717, 1.165) is 5.56 Å². The summed E-state index contributed by atoms with van der Waals surface area (Å²) in [5.41, 5.74) is 3.97. The molecule has 2 aromatic rings. The molecule has 0 bridgehead atoms. The van der Waals surface area contributed by atoms with Crippen molar-refractivity contribution in [2.24, 2.45) is 5.10 Å². The summed E-state index contributed by atoms with van der Waals surface area (Å²) < 4.78 is 4.99. The Hall–Kier alpha value is -2.41. The Labute approximate surface area is 133 Å². The molecule has 0 spiro atoms. The zero-order chi connectivity index (χ0) is 15.8. The average molecular weight is 316 g/mol. The molecule has 2 rings (SSSR count). The normalized spacial score (nSPS) is 10.6. The van der Waals surface area contributed by atoms with Gasteiger partial charge in [0.15, 0.2) is 11.0 Å². The minimum absolute atomic E-state index is 0.255. The van der Waals surface area contributed by atoms with Crippen LogP contribution in [0.25, 0.3) is 0 Å². The van der Waals surface area contributed by atoms with E-state index in [0.29, 0.717) is 11.0 Å². The van der Waals surface area contributed by atoms with Crippen molar-refractivity contribution in [3.8, 4) is 0 Å². The second kappa shape index (κ2) is 8.14. The first-order chi connectivity index (χ1) is 10.7. The van der Waals surface area contributed by atoms with Crippen LogP contribution in [0.4, 0.5) is 5.82 Å². The molecule has 7 heteroatoms. The van der Waals surface area contributed by atoms with Gasteiger partial charge >= 0.3 is 5.97 Å². The van der Waals surface area contributed by atoms with Crippen molar-refractivity contribution in [3.05, 3.63) is 47.7 Å². The van der Waals surface area contributed by atoms with E-state index in [4.69, 9.17) is 4.74 Å². The van der Waals surface area contributed by atoms with Crippen LogP contribution < -0.4 is 5.43 Å². The van der Waals surface area contributed by atoms with E-state index in [2.05, 4.69) is 20.5 Å². The molecule has 0 radical (unpaired) electrons. The van der Waals surface area contributed by atoms with Crippen molar-refractivity contribution < 1.29 is 9.53 Å². The van der Waals surface area contributed by atoms with Gasteiger partial charge < -0.3 is 4.74 Å². The number of rotatable bonds is 6. The number of hydrogen-bond acceptors (Lipinski definition) is 7. The minimum atomic E-state index is -0.479. The molecule has 0 saturated heterocycles. The zero-order valence-corrected chi connectivity index (χ0v) is 13.1. The number of ether oxygens (including phenoxy) is 1. The van der Waals surface area contributed by atoms with Gasteiger partial charge in [0.25, 0.3) is 0 Å². The number of nitrogens with one attached hydrogen (secondary N) is 1. The molecular formula is C15H16N4O2S. The Balaban J connectivity index is 2.20. The molecule has 0 aliphatic carbocycles. The van der Waals surface area contributed by atoms with Crippen LogP contribution in [0, 0.1) is 0 Å². The molecule has 0 saturated carbocycles. The smallest absolute Gasteiger partial charge is 0.343 e. The molecule has 1 heterocycles. The molecule has 1 aromatic heterocycles. The Morgan fingerprint density at radius 3 is 2.86 bits per heavy atom. The van der Waals surface area contributed by atoms with Crippen molar-refractivity contribution >= 4 is 29.8 Å². The number of thioether (sulfide) groups is 1. The molecule has 0 amide bonds. The fraction of sp³-hybridized carbons (Fsp3) is 0.200. The Morgan fingerprint density at radius 1 is 1.41 bits per heavy atom. The third-order valence-corrected chi connectivity index (χ3v) is 3.19. The number of anilines is 1. The Morgan fingerprint density at radius 2 is 2.18 bits per heavy atom. The van der Waals surface area contributed by atoms with Gasteiger partial charge in [-0.1, -0.05) is 42.1 Å². The summed E-state index contributed by atoms with van der Waals surface area (Å²) in [5, 5.41) is 4.65. The van der Waals surface area contributed by atoms with Gasteiger partial charge in [0.1, 0.15) is 5.56 Å². The fourth-order valence-electron chi connectivity index (χ4n) is 1.61. The quantitative estimate of drug-likeness (QED) is 0.290. The molecule has 0 aliphatic rings. The SMILES string of the molecule is CCOC(=O)c1cnc(SC)nc1N/N=C/c1ccccc1. The number of carbonyl (C=O) groups is 1. The number of esters is 1. The number of nitrogens with zero attached hydrogens (tertiary/aromatic N) is 3. The lowest BCUT2D eigenvalue weighted by molar-refractivity contribution is 0.0526. The standard InChI is InChI=1S/C15H16N4O2S/c1-3-21-14(20)12-10-16-15(22-2)18-13(12)19-17-9-11-7-5-4-6-8-11/h4-10H,3H2,1-2H3,(H,16,18,19)/b17-9+. The van der Waals surface area contributed by atoms with Crippen molar-refractivity contribution in [2.45, 2.75) is 12.1 Å². The van der Waals surface area contributed by atoms with E-state index in [-0.39, 0.29) is 12.2 Å². The van der Waals surface area contributed by atoms with E-state index < -0.39 is 5.97 Å². The van der Waals surface area contributed by atoms with Crippen molar-refractivity contribution in [1.82, 2.24) is 9.97 Å². The zero-order valence-electron chi connectivity index (χ0n) is 12.3. The molecule has 114 valence electrons. The summed E-state index contributed by atoms with van der Waals surface area (Å²) in [7, 11) is 0. The summed E-state index contributed by atoms with van der Waals surface area (Å²) in [6.45, 7) is 2.03. The number of benzene rings is 1. The summed E-state index contributed by atoms with van der Waals surface area (Å²) in [4.78, 5) is 20.2. The first-order valence-corrected chi connectivity index (χ1v) is 7.89. The first kappa shape index (κ1) is 16.0. The van der Waals surface area contributed by atoms with Crippen LogP contribution in [0.5, 0.6) is 0 Å². The monoisotopic (exact) mass is 316 g/mol. The van der Waals surface area contributed by atoms with Crippen LogP contribution in [0.15, 0.2) is 46.8 Å². The van der Waals surface area contributed by atoms with Crippen LogP contribution in [-0.4, -0.2) is 35.0 Å². The molecule has 0 unspecified atom stereocenters. The molecule has 0 fully saturated rings. The van der Waals surface area contributed by atoms with Gasteiger partial charge in [0, 0.05) is 6.20 Å². The minimum Gasteiger partial charge on any atom is -0.462 e. The predicted molar refractivity (Wildman–Crippen MR) is 87.4 cm³/mol. The first-order valence-electron chi connectivity index (χ1n) is 6.67. The largest absolute Gasteiger partial charge is 0.462 e. The summed E-state index contributed by atoms with van der Waals surface area (Å²) in [6.07, 6.45) is 4.95. The maximum absolute atomic E-state index is 11.9. The lowest BCUT2D eigenvalue weighted by Gasteiger charge is -2.07. The van der Waals surface area contributed by atoms with Crippen molar-refractivity contribution in [1.29, 1.82) is 0 Å². The summed E-state index contributed by atoms with van der Waals surface area (Å²) in [6, 6.07) is 9.61. The molecule has 0 aliphatic heterocycles. The van der Waals surface area contributed by atoms with Crippen LogP contribution in [0.2, 0.25) is 0 Å². The van der Waals surface area contributed by atoms with Gasteiger partial charge in [0.05, 0.1) is 12.8 Å². The highest BCUT2D eigenvalue weighted by Crippen LogP contribution is 2.17. The number of aromatic nitrogens is 2. The molecule has 22 heavy (non-hydrogen) atoms. The van der Waals surface area contributed by atoms with Crippen LogP contribution in [0.3, 0.4) is 0 Å². The predicted octanol–water partition coefficient (Wildman–Crippen LogP) is 2.82. The van der Waals surface area contributed by atoms with Crippen LogP contribution in [0.1, 0.15) is 22.8 Å². The second-order valence-corrected chi connectivity index (χ2v) is 4.89. The third-order valence-electron chi connectivity index (χ3n) is 2.63. The third kappa shape index (κ3) is 4.29. The van der Waals surface area contributed by atoms with E-state index in [1.54, 1.807) is 13.1 Å². The van der Waals surface area contributed by atoms with Crippen LogP contribution in [-0.2, 0) is 4.74 Å². The van der Waals surface area contributed by atoms with Crippen LogP contribution >= 0.6 is 11.8 Å². The van der Waals surface area contributed by atoms with E-state index in [1.165, 1.54) is 18.0 Å². The molecule has 1 N–H and O–H groups in total. The average Bonchev–Trinajstić information content (AvgIpc) is 2.56. The molecule has 1 aromatic carbocycles. The van der Waals surface area contributed by atoms with E-state index in [9.17, 15) is 4.79 Å². The highest BCUT2D eigenvalue weighted by molar-refractivity contribution is 7.98. The van der Waals surface area contributed by atoms with Gasteiger partial charge in [0.2, 0.25) is 0 Å². The number of hydrazone groups is 1. The topological polar surface area (TPSA) is 76.5 Å². The lowest BCUT2D eigenvalue weighted by Crippen LogP contribution is -2.10. The van der Waals surface area contributed by atoms with Gasteiger partial charge in [-0.05, 0) is 18.7 Å². The molecular weight excluding hydrogens is 300 g/mol.